The van der Waals surface area contributed by atoms with Crippen molar-refractivity contribution in [3.05, 3.63) is 11.7 Å². The summed E-state index contributed by atoms with van der Waals surface area (Å²) in [5, 5.41) is 4.89. The van der Waals surface area contributed by atoms with Crippen LogP contribution in [0.15, 0.2) is 4.52 Å². The van der Waals surface area contributed by atoms with E-state index in [1.54, 1.807) is 0 Å². The summed E-state index contributed by atoms with van der Waals surface area (Å²) in [5.74, 6) is 2.45. The minimum Gasteiger partial charge on any atom is -0.339 e. The summed E-state index contributed by atoms with van der Waals surface area (Å²) in [7, 11) is 0. The van der Waals surface area contributed by atoms with E-state index in [-0.39, 0.29) is 5.54 Å². The van der Waals surface area contributed by atoms with Crippen LogP contribution < -0.4 is 5.73 Å². The summed E-state index contributed by atoms with van der Waals surface area (Å²) in [6.45, 7) is 0. The van der Waals surface area contributed by atoms with Crippen molar-refractivity contribution in [1.82, 2.24) is 10.1 Å². The normalized spacial score (nSPS) is 23.2. The molecule has 0 saturated heterocycles. The Morgan fingerprint density at radius 2 is 1.95 bits per heavy atom. The van der Waals surface area contributed by atoms with Crippen LogP contribution in [-0.4, -0.2) is 20.9 Å². The molecule has 0 bridgehead atoms. The molecule has 2 aliphatic carbocycles. The largest absolute Gasteiger partial charge is 0.339 e. The second-order valence-corrected chi connectivity index (χ2v) is 7.36. The van der Waals surface area contributed by atoms with E-state index in [0.717, 1.165) is 42.0 Å². The summed E-state index contributed by atoms with van der Waals surface area (Å²) in [4.78, 5) is 4.50. The Labute approximate surface area is 118 Å². The second-order valence-electron chi connectivity index (χ2n) is 6.07. The van der Waals surface area contributed by atoms with Gasteiger partial charge >= 0.3 is 0 Å². The van der Waals surface area contributed by atoms with Gasteiger partial charge in [0.15, 0.2) is 5.82 Å². The van der Waals surface area contributed by atoms with Gasteiger partial charge in [0.1, 0.15) is 0 Å². The van der Waals surface area contributed by atoms with E-state index < -0.39 is 0 Å². The van der Waals surface area contributed by atoms with E-state index in [4.69, 9.17) is 10.3 Å². The first kappa shape index (κ1) is 13.4. The smallest absolute Gasteiger partial charge is 0.228 e. The Bertz CT molecular complexity index is 409. The van der Waals surface area contributed by atoms with E-state index in [0.29, 0.717) is 0 Å². The summed E-state index contributed by atoms with van der Waals surface area (Å²) in [6, 6.07) is 0. The van der Waals surface area contributed by atoms with Gasteiger partial charge in [0, 0.05) is 17.2 Å². The molecule has 0 aliphatic heterocycles. The van der Waals surface area contributed by atoms with Gasteiger partial charge in [-0.3, -0.25) is 0 Å². The number of nitrogens with two attached hydrogens (primary N) is 1. The fourth-order valence-electron chi connectivity index (χ4n) is 3.23. The molecule has 2 aliphatic rings. The molecule has 0 atom stereocenters. The van der Waals surface area contributed by atoms with Gasteiger partial charge in [-0.15, -0.1) is 0 Å². The molecule has 0 amide bonds. The molecule has 4 nitrogen and oxygen atoms in total. The first-order chi connectivity index (χ1) is 9.23. The molecule has 0 unspecified atom stereocenters. The SMILES string of the molecule is NC1(Cc2nc(CSC3CCCC3)no2)CCCC1. The zero-order valence-electron chi connectivity index (χ0n) is 11.4. The lowest BCUT2D eigenvalue weighted by atomic mass is 9.95. The second kappa shape index (κ2) is 5.83. The van der Waals surface area contributed by atoms with Crippen molar-refractivity contribution >= 4 is 11.8 Å². The van der Waals surface area contributed by atoms with Gasteiger partial charge in [0.2, 0.25) is 5.89 Å². The summed E-state index contributed by atoms with van der Waals surface area (Å²) in [5.41, 5.74) is 6.25. The Morgan fingerprint density at radius 1 is 1.21 bits per heavy atom. The van der Waals surface area contributed by atoms with E-state index in [2.05, 4.69) is 10.1 Å². The minimum atomic E-state index is -0.0948. The van der Waals surface area contributed by atoms with Crippen LogP contribution in [0.25, 0.3) is 0 Å². The van der Waals surface area contributed by atoms with Crippen LogP contribution in [0.5, 0.6) is 0 Å². The number of hydrogen-bond donors (Lipinski definition) is 1. The minimum absolute atomic E-state index is 0.0948. The summed E-state index contributed by atoms with van der Waals surface area (Å²) >= 11 is 1.98. The number of thioether (sulfide) groups is 1. The van der Waals surface area contributed by atoms with Crippen molar-refractivity contribution < 1.29 is 4.52 Å². The highest BCUT2D eigenvalue weighted by molar-refractivity contribution is 7.99. The maximum atomic E-state index is 6.34. The predicted molar refractivity (Wildman–Crippen MR) is 76.9 cm³/mol. The van der Waals surface area contributed by atoms with Crippen molar-refractivity contribution in [2.75, 3.05) is 0 Å². The highest BCUT2D eigenvalue weighted by Crippen LogP contribution is 2.32. The van der Waals surface area contributed by atoms with Gasteiger partial charge in [0.05, 0.1) is 5.75 Å². The van der Waals surface area contributed by atoms with Gasteiger partial charge in [-0.25, -0.2) is 0 Å². The fourth-order valence-corrected chi connectivity index (χ4v) is 4.39. The van der Waals surface area contributed by atoms with Crippen LogP contribution in [0.1, 0.15) is 63.1 Å². The average Bonchev–Trinajstić information content (AvgIpc) is 3.09. The van der Waals surface area contributed by atoms with E-state index in [1.165, 1.54) is 38.5 Å². The molecule has 2 N–H and O–H groups in total. The van der Waals surface area contributed by atoms with Crippen molar-refractivity contribution in [3.63, 3.8) is 0 Å². The van der Waals surface area contributed by atoms with E-state index >= 15 is 0 Å². The third kappa shape index (κ3) is 3.51. The molecule has 2 fully saturated rings. The van der Waals surface area contributed by atoms with E-state index in [1.807, 2.05) is 11.8 Å². The van der Waals surface area contributed by atoms with Crippen LogP contribution >= 0.6 is 11.8 Å². The highest BCUT2D eigenvalue weighted by Gasteiger charge is 2.31. The molecule has 3 rings (SSSR count). The topological polar surface area (TPSA) is 64.9 Å². The number of hydrogen-bond acceptors (Lipinski definition) is 5. The molecule has 1 aromatic rings. The van der Waals surface area contributed by atoms with Crippen molar-refractivity contribution in [1.29, 1.82) is 0 Å². The molecular weight excluding hydrogens is 258 g/mol. The molecule has 1 aromatic heterocycles. The van der Waals surface area contributed by atoms with Crippen LogP contribution in [0.4, 0.5) is 0 Å². The number of nitrogens with zero attached hydrogens (tertiary/aromatic N) is 2. The number of rotatable bonds is 5. The van der Waals surface area contributed by atoms with Crippen molar-refractivity contribution in [3.8, 4) is 0 Å². The van der Waals surface area contributed by atoms with Gasteiger partial charge in [0.25, 0.3) is 0 Å². The highest BCUT2D eigenvalue weighted by atomic mass is 32.2. The first-order valence-corrected chi connectivity index (χ1v) is 8.50. The lowest BCUT2D eigenvalue weighted by Crippen LogP contribution is -2.38. The van der Waals surface area contributed by atoms with Crippen LogP contribution in [0, 0.1) is 0 Å². The lowest BCUT2D eigenvalue weighted by molar-refractivity contribution is 0.327. The van der Waals surface area contributed by atoms with Gasteiger partial charge < -0.3 is 10.3 Å². The molecule has 0 radical (unpaired) electrons. The Balaban J connectivity index is 1.51. The Hall–Kier alpha value is -0.550. The van der Waals surface area contributed by atoms with Crippen LogP contribution in [0.3, 0.4) is 0 Å². The monoisotopic (exact) mass is 281 g/mol. The van der Waals surface area contributed by atoms with Gasteiger partial charge in [-0.05, 0) is 25.7 Å². The van der Waals surface area contributed by atoms with Crippen LogP contribution in [0.2, 0.25) is 0 Å². The zero-order valence-corrected chi connectivity index (χ0v) is 12.3. The maximum Gasteiger partial charge on any atom is 0.228 e. The average molecular weight is 281 g/mol. The third-order valence-electron chi connectivity index (χ3n) is 4.36. The van der Waals surface area contributed by atoms with Crippen molar-refractivity contribution in [2.24, 2.45) is 5.73 Å². The molecular formula is C14H23N3OS. The van der Waals surface area contributed by atoms with Crippen LogP contribution in [-0.2, 0) is 12.2 Å². The van der Waals surface area contributed by atoms with Gasteiger partial charge in [-0.2, -0.15) is 16.7 Å². The summed E-state index contributed by atoms with van der Waals surface area (Å²) in [6.07, 6.45) is 10.8. The molecule has 2 saturated carbocycles. The Morgan fingerprint density at radius 3 is 2.68 bits per heavy atom. The molecule has 5 heteroatoms. The predicted octanol–water partition coefficient (Wildman–Crippen LogP) is 3.06. The van der Waals surface area contributed by atoms with E-state index in [9.17, 15) is 0 Å². The fraction of sp³-hybridized carbons (Fsp3) is 0.857. The van der Waals surface area contributed by atoms with Crippen molar-refractivity contribution in [2.45, 2.75) is 74.3 Å². The maximum absolute atomic E-state index is 6.34. The summed E-state index contributed by atoms with van der Waals surface area (Å²) < 4.78 is 5.35. The molecule has 0 spiro atoms. The third-order valence-corrected chi connectivity index (χ3v) is 5.73. The van der Waals surface area contributed by atoms with Gasteiger partial charge in [-0.1, -0.05) is 30.8 Å². The molecule has 19 heavy (non-hydrogen) atoms. The lowest BCUT2D eigenvalue weighted by Gasteiger charge is -2.20. The standard InChI is InChI=1S/C14H23N3OS/c15-14(7-3-4-8-14)9-13-16-12(17-18-13)10-19-11-5-1-2-6-11/h11H,1-10,15H2. The number of aromatic nitrogens is 2. The Kier molecular flexibility index (Phi) is 4.12. The molecule has 0 aromatic carbocycles. The molecule has 106 valence electrons. The zero-order chi connectivity index (χ0) is 13.1. The first-order valence-electron chi connectivity index (χ1n) is 7.45. The molecule has 1 heterocycles. The quantitative estimate of drug-likeness (QED) is 0.898.